The van der Waals surface area contributed by atoms with Gasteiger partial charge in [-0.3, -0.25) is 0 Å². The molecule has 0 spiro atoms. The third kappa shape index (κ3) is 3.18. The average Bonchev–Trinajstić information content (AvgIpc) is 2.51. The molecule has 118 valence electrons. The van der Waals surface area contributed by atoms with Crippen LogP contribution in [-0.4, -0.2) is 69.2 Å². The van der Waals surface area contributed by atoms with E-state index in [9.17, 15) is 25.5 Å². The zero-order valence-corrected chi connectivity index (χ0v) is 11.6. The first-order valence-electron chi connectivity index (χ1n) is 6.73. The smallest absolute Gasteiger partial charge is 0.123 e. The fraction of sp³-hybridized carbons (Fsp3) is 0.571. The second-order valence-electron chi connectivity index (χ2n) is 5.17. The summed E-state index contributed by atoms with van der Waals surface area (Å²) in [6.07, 6.45) is -7.43. The first kappa shape index (κ1) is 16.2. The summed E-state index contributed by atoms with van der Waals surface area (Å²) in [5, 5.41) is 51.6. The summed E-state index contributed by atoms with van der Waals surface area (Å²) in [6.45, 7) is 0.262. The predicted molar refractivity (Wildman–Crippen MR) is 73.7 cm³/mol. The summed E-state index contributed by atoms with van der Waals surface area (Å²) < 4.78 is 5.19. The molecule has 0 radical (unpaired) electrons. The topological polar surface area (TPSA) is 122 Å². The Morgan fingerprint density at radius 3 is 2.00 bits per heavy atom. The molecule has 1 saturated carbocycles. The van der Waals surface area contributed by atoms with Crippen LogP contribution in [-0.2, 0) is 6.54 Å². The molecule has 21 heavy (non-hydrogen) atoms. The standard InChI is InChI=1S/C14H21NO6/c1-21-8-5-3-2-4-7(8)6-15-9-10(16)12(18)14(20)13(19)11(9)17/h2-5,9-20H,6H2,1H3/t9?,10-,11-,12-,13+,14?/m0/s1. The first-order chi connectivity index (χ1) is 9.97. The summed E-state index contributed by atoms with van der Waals surface area (Å²) in [5.41, 5.74) is 0.800. The van der Waals surface area contributed by atoms with Gasteiger partial charge in [0.1, 0.15) is 36.3 Å². The van der Waals surface area contributed by atoms with E-state index in [1.54, 1.807) is 6.07 Å². The van der Waals surface area contributed by atoms with Gasteiger partial charge in [-0.2, -0.15) is 0 Å². The molecule has 1 aromatic carbocycles. The number of aliphatic hydroxyl groups excluding tert-OH is 5. The Bertz CT molecular complexity index is 455. The van der Waals surface area contributed by atoms with Crippen molar-refractivity contribution in [2.24, 2.45) is 0 Å². The van der Waals surface area contributed by atoms with Gasteiger partial charge in [-0.25, -0.2) is 0 Å². The molecule has 1 aliphatic rings. The van der Waals surface area contributed by atoms with Gasteiger partial charge in [-0.05, 0) is 6.07 Å². The van der Waals surface area contributed by atoms with E-state index in [2.05, 4.69) is 5.32 Å². The molecule has 1 fully saturated rings. The quantitative estimate of drug-likeness (QED) is 0.379. The molecule has 2 rings (SSSR count). The van der Waals surface area contributed by atoms with Gasteiger partial charge in [0.25, 0.3) is 0 Å². The lowest BCUT2D eigenvalue weighted by Gasteiger charge is -2.42. The molecular formula is C14H21NO6. The van der Waals surface area contributed by atoms with Crippen molar-refractivity contribution in [2.45, 2.75) is 43.1 Å². The number of para-hydroxylation sites is 1. The molecule has 6 N–H and O–H groups in total. The molecular weight excluding hydrogens is 278 g/mol. The molecule has 0 aromatic heterocycles. The van der Waals surface area contributed by atoms with Crippen molar-refractivity contribution in [3.05, 3.63) is 29.8 Å². The summed E-state index contributed by atoms with van der Waals surface area (Å²) in [7, 11) is 1.53. The molecule has 2 unspecified atom stereocenters. The van der Waals surface area contributed by atoms with E-state index < -0.39 is 36.6 Å². The zero-order chi connectivity index (χ0) is 15.6. The van der Waals surface area contributed by atoms with Crippen LogP contribution in [0.15, 0.2) is 24.3 Å². The second-order valence-corrected chi connectivity index (χ2v) is 5.17. The van der Waals surface area contributed by atoms with E-state index in [0.717, 1.165) is 5.56 Å². The molecule has 1 aromatic rings. The van der Waals surface area contributed by atoms with E-state index in [0.29, 0.717) is 5.75 Å². The normalized spacial score (nSPS) is 36.5. The second kappa shape index (κ2) is 6.69. The van der Waals surface area contributed by atoms with Crippen LogP contribution in [0.3, 0.4) is 0 Å². The van der Waals surface area contributed by atoms with E-state index in [1.807, 2.05) is 18.2 Å². The lowest BCUT2D eigenvalue weighted by Crippen LogP contribution is -2.67. The fourth-order valence-corrected chi connectivity index (χ4v) is 2.55. The van der Waals surface area contributed by atoms with Crippen molar-refractivity contribution in [3.8, 4) is 5.75 Å². The van der Waals surface area contributed by atoms with Crippen molar-refractivity contribution < 1.29 is 30.3 Å². The van der Waals surface area contributed by atoms with Crippen molar-refractivity contribution in [1.82, 2.24) is 5.32 Å². The number of methoxy groups -OCH3 is 1. The Morgan fingerprint density at radius 1 is 0.905 bits per heavy atom. The zero-order valence-electron chi connectivity index (χ0n) is 11.6. The minimum atomic E-state index is -1.58. The Kier molecular flexibility index (Phi) is 5.15. The number of ether oxygens (including phenoxy) is 1. The highest BCUT2D eigenvalue weighted by Crippen LogP contribution is 2.23. The first-order valence-corrected chi connectivity index (χ1v) is 6.73. The lowest BCUT2D eigenvalue weighted by atomic mass is 9.83. The van der Waals surface area contributed by atoms with Crippen molar-refractivity contribution >= 4 is 0 Å². The van der Waals surface area contributed by atoms with Gasteiger partial charge in [0, 0.05) is 12.1 Å². The molecule has 0 bridgehead atoms. The number of hydrogen-bond acceptors (Lipinski definition) is 7. The molecule has 7 nitrogen and oxygen atoms in total. The number of aliphatic hydroxyl groups is 5. The van der Waals surface area contributed by atoms with Crippen LogP contribution < -0.4 is 10.1 Å². The largest absolute Gasteiger partial charge is 0.496 e. The third-order valence-corrected chi connectivity index (χ3v) is 3.86. The Labute approximate surface area is 122 Å². The van der Waals surface area contributed by atoms with E-state index >= 15 is 0 Å². The maximum atomic E-state index is 9.93. The van der Waals surface area contributed by atoms with Crippen LogP contribution in [0.25, 0.3) is 0 Å². The van der Waals surface area contributed by atoms with Crippen molar-refractivity contribution in [1.29, 1.82) is 0 Å². The number of benzene rings is 1. The molecule has 6 atom stereocenters. The Balaban J connectivity index is 2.08. The summed E-state index contributed by atoms with van der Waals surface area (Å²) in [5.74, 6) is 0.644. The van der Waals surface area contributed by atoms with Crippen molar-refractivity contribution in [2.75, 3.05) is 7.11 Å². The summed E-state index contributed by atoms with van der Waals surface area (Å²) >= 11 is 0. The maximum absolute atomic E-state index is 9.93. The van der Waals surface area contributed by atoms with Gasteiger partial charge >= 0.3 is 0 Å². The summed E-state index contributed by atoms with van der Waals surface area (Å²) in [4.78, 5) is 0. The van der Waals surface area contributed by atoms with E-state index in [4.69, 9.17) is 4.74 Å². The van der Waals surface area contributed by atoms with Crippen molar-refractivity contribution in [3.63, 3.8) is 0 Å². The van der Waals surface area contributed by atoms with E-state index in [-0.39, 0.29) is 6.54 Å². The maximum Gasteiger partial charge on any atom is 0.123 e. The van der Waals surface area contributed by atoms with E-state index in [1.165, 1.54) is 7.11 Å². The Hall–Kier alpha value is -1.22. The minimum Gasteiger partial charge on any atom is -0.496 e. The molecule has 0 amide bonds. The Morgan fingerprint density at radius 2 is 1.43 bits per heavy atom. The number of hydrogen-bond donors (Lipinski definition) is 6. The molecule has 0 saturated heterocycles. The number of nitrogens with one attached hydrogen (secondary N) is 1. The van der Waals surface area contributed by atoms with Gasteiger partial charge in [-0.15, -0.1) is 0 Å². The van der Waals surface area contributed by atoms with Crippen LogP contribution in [0.1, 0.15) is 5.56 Å². The monoisotopic (exact) mass is 299 g/mol. The van der Waals surface area contributed by atoms with Crippen LogP contribution >= 0.6 is 0 Å². The summed E-state index contributed by atoms with van der Waals surface area (Å²) in [6, 6.07) is 6.26. The molecule has 7 heteroatoms. The van der Waals surface area contributed by atoms with Gasteiger partial charge < -0.3 is 35.6 Å². The molecule has 1 aliphatic carbocycles. The highest BCUT2D eigenvalue weighted by Gasteiger charge is 2.47. The van der Waals surface area contributed by atoms with Crippen LogP contribution in [0.5, 0.6) is 5.75 Å². The fourth-order valence-electron chi connectivity index (χ4n) is 2.55. The SMILES string of the molecule is COc1ccccc1CNC1[C@H](O)[C@H](O)C(O)[C@H](O)[C@H]1O. The minimum absolute atomic E-state index is 0.262. The van der Waals surface area contributed by atoms with Gasteiger partial charge in [-0.1, -0.05) is 18.2 Å². The molecule has 0 heterocycles. The molecule has 0 aliphatic heterocycles. The highest BCUT2D eigenvalue weighted by molar-refractivity contribution is 5.33. The van der Waals surface area contributed by atoms with Gasteiger partial charge in [0.05, 0.1) is 13.2 Å². The predicted octanol–water partition coefficient (Wildman–Crippen LogP) is -2.03. The van der Waals surface area contributed by atoms with Gasteiger partial charge in [0.2, 0.25) is 0 Å². The van der Waals surface area contributed by atoms with Crippen LogP contribution in [0.4, 0.5) is 0 Å². The number of rotatable bonds is 4. The average molecular weight is 299 g/mol. The van der Waals surface area contributed by atoms with Crippen LogP contribution in [0, 0.1) is 0 Å². The third-order valence-electron chi connectivity index (χ3n) is 3.86. The van der Waals surface area contributed by atoms with Crippen LogP contribution in [0.2, 0.25) is 0 Å². The van der Waals surface area contributed by atoms with Gasteiger partial charge in [0.15, 0.2) is 0 Å². The highest BCUT2D eigenvalue weighted by atomic mass is 16.5. The lowest BCUT2D eigenvalue weighted by molar-refractivity contribution is -0.190.